The van der Waals surface area contributed by atoms with Crippen LogP contribution >= 0.6 is 0 Å². The average molecular weight is 1440 g/mol. The van der Waals surface area contributed by atoms with Crippen LogP contribution in [0.25, 0.3) is 0 Å². The number of hydrogen-bond donors (Lipinski definition) is 0. The van der Waals surface area contributed by atoms with Crippen molar-refractivity contribution in [3.63, 3.8) is 0 Å². The lowest BCUT2D eigenvalue weighted by Crippen LogP contribution is -2.44. The van der Waals surface area contributed by atoms with E-state index in [1.165, 1.54) is 25.7 Å². The van der Waals surface area contributed by atoms with E-state index in [4.69, 9.17) is 18.9 Å². The molecule has 0 aromatic heterocycles. The van der Waals surface area contributed by atoms with Crippen LogP contribution in [-0.2, 0) is 33.3 Å². The molecule has 2 unspecified atom stereocenters. The number of rotatable bonds is 71. The molecule has 0 rings (SSSR count). The highest BCUT2D eigenvalue weighted by molar-refractivity contribution is 5.70. The summed E-state index contributed by atoms with van der Waals surface area (Å²) >= 11 is 0. The lowest BCUT2D eigenvalue weighted by atomic mass is 10.1. The summed E-state index contributed by atoms with van der Waals surface area (Å²) in [5.74, 6) is -2.36. The van der Waals surface area contributed by atoms with Gasteiger partial charge in [-0.25, -0.2) is 0 Å². The number of carbonyl (C=O) groups excluding carboxylic acids is 3. The van der Waals surface area contributed by atoms with E-state index in [0.717, 1.165) is 193 Å². The van der Waals surface area contributed by atoms with Crippen molar-refractivity contribution < 1.29 is 42.9 Å². The van der Waals surface area contributed by atoms with Gasteiger partial charge in [0, 0.05) is 12.8 Å². The van der Waals surface area contributed by atoms with E-state index >= 15 is 0 Å². The third-order valence-electron chi connectivity index (χ3n) is 16.0. The van der Waals surface area contributed by atoms with Crippen molar-refractivity contribution in [3.05, 3.63) is 267 Å². The van der Waals surface area contributed by atoms with Crippen molar-refractivity contribution in [2.24, 2.45) is 0 Å². The molecule has 0 fully saturated rings. The molecule has 9 heteroatoms. The highest BCUT2D eigenvalue weighted by Gasteiger charge is 2.22. The Morgan fingerprint density at radius 3 is 0.762 bits per heavy atom. The number of quaternary nitrogens is 1. The highest BCUT2D eigenvalue weighted by Crippen LogP contribution is 2.14. The zero-order valence-corrected chi connectivity index (χ0v) is 66.5. The molecule has 0 radical (unpaired) electrons. The van der Waals surface area contributed by atoms with Crippen LogP contribution in [0.3, 0.4) is 0 Å². The van der Waals surface area contributed by atoms with Gasteiger partial charge in [0.25, 0.3) is 0 Å². The van der Waals surface area contributed by atoms with Gasteiger partial charge < -0.3 is 33.3 Å². The molecule has 0 aliphatic heterocycles. The lowest BCUT2D eigenvalue weighted by Gasteiger charge is -2.26. The molecule has 0 amide bonds. The fourth-order valence-corrected chi connectivity index (χ4v) is 9.90. The fourth-order valence-electron chi connectivity index (χ4n) is 9.90. The number of hydrogen-bond acceptors (Lipinski definition) is 8. The topological polar surface area (TPSA) is 111 Å². The molecule has 2 atom stereocenters. The van der Waals surface area contributed by atoms with Gasteiger partial charge in [0.2, 0.25) is 0 Å². The summed E-state index contributed by atoms with van der Waals surface area (Å²) in [7, 11) is 5.90. The van der Waals surface area contributed by atoms with Gasteiger partial charge in [0.1, 0.15) is 13.2 Å². The summed E-state index contributed by atoms with van der Waals surface area (Å²) in [5.41, 5.74) is 0. The quantitative estimate of drug-likeness (QED) is 0.0195. The molecule has 0 aliphatic rings. The molecule has 0 saturated carbocycles. The second kappa shape index (κ2) is 82.2. The maximum absolute atomic E-state index is 13.0. The van der Waals surface area contributed by atoms with E-state index < -0.39 is 24.3 Å². The van der Waals surface area contributed by atoms with Crippen molar-refractivity contribution in [1.82, 2.24) is 0 Å². The third-order valence-corrected chi connectivity index (χ3v) is 16.0. The minimum absolute atomic E-state index is 0.126. The average Bonchev–Trinajstić information content (AvgIpc) is 1.18. The predicted octanol–water partition coefficient (Wildman–Crippen LogP) is 25.4. The van der Waals surface area contributed by atoms with E-state index in [9.17, 15) is 19.5 Å². The Morgan fingerprint density at radius 2 is 0.514 bits per heavy atom. The van der Waals surface area contributed by atoms with Crippen LogP contribution in [0.5, 0.6) is 0 Å². The van der Waals surface area contributed by atoms with Gasteiger partial charge in [-0.05, 0) is 180 Å². The normalized spacial score (nSPS) is 14.1. The number of allylic oxidation sites excluding steroid dienone is 44. The Hall–Kier alpha value is -7.43. The van der Waals surface area contributed by atoms with E-state index in [0.29, 0.717) is 23.9 Å². The Labute approximate surface area is 642 Å². The summed E-state index contributed by atoms with van der Waals surface area (Å²) < 4.78 is 22.8. The summed E-state index contributed by atoms with van der Waals surface area (Å²) in [6.07, 6.45) is 132. The number of esters is 2. The van der Waals surface area contributed by atoms with E-state index in [1.54, 1.807) is 0 Å². The van der Waals surface area contributed by atoms with Crippen molar-refractivity contribution in [2.75, 3.05) is 47.5 Å². The molecule has 0 N–H and O–H groups in total. The molecule has 0 aromatic carbocycles. The Bertz CT molecular complexity index is 2740. The van der Waals surface area contributed by atoms with Gasteiger partial charge in [-0.3, -0.25) is 9.59 Å². The molecule has 582 valence electrons. The SMILES string of the molecule is CC/C=C\C/C=C\C/C=C\C/C=C\C/C=C\C/C=C\C/C=C\C/C=C\C/C=C\C/C=C\C/C=C\C/C=C\CCCCCCC(=O)OC(COC(=O)CCCCCCCCCC/C=C\C/C=C\C/C=C\C/C=C\C/C=C\C/C=C\C/C=C\C/C=C\C/C=C\C/C=C\CC)COC(OCC[N+](C)(C)C)C(=O)[O-]. The second-order valence-corrected chi connectivity index (χ2v) is 26.9. The smallest absolute Gasteiger partial charge is 0.306 e. The third kappa shape index (κ3) is 83.7. The summed E-state index contributed by atoms with van der Waals surface area (Å²) in [5, 5.41) is 11.9. The fraction of sp³-hybridized carbons (Fsp3) is 0.510. The van der Waals surface area contributed by atoms with Crippen LogP contribution in [0.15, 0.2) is 267 Å². The standard InChI is InChI=1S/C96H145NO8/c1-6-8-10-12-14-16-18-20-22-24-26-28-30-32-34-36-38-40-42-44-46-47-49-51-53-55-57-59-61-63-65-67-69-71-73-75-77-79-81-83-85-87-94(99)105-92(91-104-96(95(100)101)102-89-88-97(3,4)5)90-103-93(98)86-84-82-80-78-76-74-72-70-68-66-64-62-60-58-56-54-52-50-48-45-43-41-39-37-35-33-31-29-27-25-23-21-19-17-15-13-11-9-7-2/h8-11,14-17,20-23,26-29,32-35,38-41,44-46,48-49,51-52,54-55,57-58,60-61,63-64,66-67,69,73,75,92,96H,6-7,12-13,18-19,24-25,30-31,36-37,42-43,47,50,53,56,59,62,65,68,70-72,74,76-91H2,1-5H3/b10-8-,11-9-,16-14-,17-15-,22-20-,23-21-,28-26-,29-27-,34-32-,35-33-,40-38-,41-39-,46-44-,48-45-,51-49-,54-52-,57-55-,60-58-,63-61-,66-64-,69-67-,75-73-. The lowest BCUT2D eigenvalue weighted by molar-refractivity contribution is -0.870. The number of carboxylic acids is 1. The summed E-state index contributed by atoms with van der Waals surface area (Å²) in [6.45, 7) is 4.44. The molecule has 0 saturated heterocycles. The monoisotopic (exact) mass is 1440 g/mol. The number of unbranched alkanes of at least 4 members (excludes halogenated alkanes) is 12. The van der Waals surface area contributed by atoms with Crippen LogP contribution in [-0.4, -0.2) is 82.3 Å². The minimum atomic E-state index is -1.65. The zero-order chi connectivity index (χ0) is 76.0. The first-order chi connectivity index (χ1) is 51.6. The molecular formula is C96H145NO8. The maximum atomic E-state index is 13.0. The van der Waals surface area contributed by atoms with Crippen LogP contribution in [0.4, 0.5) is 0 Å². The Morgan fingerprint density at radius 1 is 0.286 bits per heavy atom. The Kier molecular flexibility index (Phi) is 76.4. The van der Waals surface area contributed by atoms with E-state index in [2.05, 4.69) is 281 Å². The first kappa shape index (κ1) is 97.6. The summed E-state index contributed by atoms with van der Waals surface area (Å²) in [6, 6.07) is 0. The van der Waals surface area contributed by atoms with Gasteiger partial charge in [-0.15, -0.1) is 0 Å². The van der Waals surface area contributed by atoms with E-state index in [-0.39, 0.29) is 38.6 Å². The first-order valence-corrected chi connectivity index (χ1v) is 40.5. The van der Waals surface area contributed by atoms with Crippen molar-refractivity contribution >= 4 is 17.9 Å². The van der Waals surface area contributed by atoms with Crippen molar-refractivity contribution in [2.45, 2.75) is 270 Å². The van der Waals surface area contributed by atoms with Gasteiger partial charge in [-0.2, -0.15) is 0 Å². The van der Waals surface area contributed by atoms with Gasteiger partial charge in [-0.1, -0.05) is 333 Å². The largest absolute Gasteiger partial charge is 0.545 e. The van der Waals surface area contributed by atoms with Gasteiger partial charge >= 0.3 is 11.9 Å². The second-order valence-electron chi connectivity index (χ2n) is 26.9. The predicted molar refractivity (Wildman–Crippen MR) is 452 cm³/mol. The highest BCUT2D eigenvalue weighted by atomic mass is 16.7. The van der Waals surface area contributed by atoms with Crippen LogP contribution in [0, 0.1) is 0 Å². The van der Waals surface area contributed by atoms with Crippen molar-refractivity contribution in [3.8, 4) is 0 Å². The molecule has 0 spiro atoms. The van der Waals surface area contributed by atoms with Crippen LogP contribution in [0.2, 0.25) is 0 Å². The van der Waals surface area contributed by atoms with Gasteiger partial charge in [0.05, 0.1) is 40.3 Å². The van der Waals surface area contributed by atoms with Crippen molar-refractivity contribution in [1.29, 1.82) is 0 Å². The molecule has 105 heavy (non-hydrogen) atoms. The molecule has 0 aromatic rings. The number of ether oxygens (including phenoxy) is 4. The molecule has 9 nitrogen and oxygen atoms in total. The Balaban J connectivity index is 4.24. The number of carboxylic acid groups (broad SMARTS) is 1. The zero-order valence-electron chi connectivity index (χ0n) is 66.5. The van der Waals surface area contributed by atoms with Crippen LogP contribution in [0.1, 0.15) is 258 Å². The van der Waals surface area contributed by atoms with E-state index in [1.807, 2.05) is 21.1 Å². The number of aliphatic carboxylic acids is 1. The first-order valence-electron chi connectivity index (χ1n) is 40.5. The number of carbonyl (C=O) groups is 3. The van der Waals surface area contributed by atoms with Gasteiger partial charge in [0.15, 0.2) is 12.4 Å². The molecule has 0 aliphatic carbocycles. The maximum Gasteiger partial charge on any atom is 0.306 e. The number of likely N-dealkylation sites (N-methyl/N-ethyl adjacent to an activating group) is 1. The minimum Gasteiger partial charge on any atom is -0.545 e. The van der Waals surface area contributed by atoms with Crippen LogP contribution < -0.4 is 5.11 Å². The molecule has 0 bridgehead atoms. The molecule has 0 heterocycles. The number of nitrogens with zero attached hydrogens (tertiary/aromatic N) is 1. The molecular weight excluding hydrogens is 1300 g/mol. The summed E-state index contributed by atoms with van der Waals surface area (Å²) in [4.78, 5) is 37.6.